The van der Waals surface area contributed by atoms with Gasteiger partial charge in [-0.3, -0.25) is 4.79 Å². The lowest BCUT2D eigenvalue weighted by atomic mass is 10.0. The van der Waals surface area contributed by atoms with Gasteiger partial charge in [-0.1, -0.05) is 42.5 Å². The Kier molecular flexibility index (Phi) is 4.61. The van der Waals surface area contributed by atoms with Gasteiger partial charge in [-0.25, -0.2) is 0 Å². The SMILES string of the molecule is O=C(C=Cc1cccc2ccccc12)N1CCCSCC1. The Morgan fingerprint density at radius 3 is 2.86 bits per heavy atom. The number of carbonyl (C=O) groups is 1. The maximum atomic E-state index is 12.3. The lowest BCUT2D eigenvalue weighted by Gasteiger charge is -2.17. The molecule has 2 nitrogen and oxygen atoms in total. The van der Waals surface area contributed by atoms with E-state index in [1.165, 1.54) is 10.8 Å². The normalized spacial score (nSPS) is 16.3. The van der Waals surface area contributed by atoms with Crippen LogP contribution >= 0.6 is 11.8 Å². The van der Waals surface area contributed by atoms with E-state index < -0.39 is 0 Å². The monoisotopic (exact) mass is 297 g/mol. The predicted molar refractivity (Wildman–Crippen MR) is 91.5 cm³/mol. The molecule has 1 saturated heterocycles. The second-order valence-corrected chi connectivity index (χ2v) is 6.42. The molecule has 2 aromatic rings. The van der Waals surface area contributed by atoms with Gasteiger partial charge < -0.3 is 4.90 Å². The van der Waals surface area contributed by atoms with E-state index in [2.05, 4.69) is 24.3 Å². The standard InChI is InChI=1S/C18H19NOS/c20-18(19-11-4-13-21-14-12-19)10-9-16-7-3-6-15-5-1-2-8-17(15)16/h1-3,5-10H,4,11-14H2. The van der Waals surface area contributed by atoms with Crippen molar-refractivity contribution in [2.24, 2.45) is 0 Å². The van der Waals surface area contributed by atoms with E-state index >= 15 is 0 Å². The van der Waals surface area contributed by atoms with Gasteiger partial charge in [0.25, 0.3) is 0 Å². The van der Waals surface area contributed by atoms with Crippen LogP contribution in [0.1, 0.15) is 12.0 Å². The molecule has 0 aliphatic carbocycles. The number of thioether (sulfide) groups is 1. The van der Waals surface area contributed by atoms with Crippen molar-refractivity contribution in [3.8, 4) is 0 Å². The van der Waals surface area contributed by atoms with Crippen LogP contribution in [0.2, 0.25) is 0 Å². The van der Waals surface area contributed by atoms with Gasteiger partial charge >= 0.3 is 0 Å². The maximum Gasteiger partial charge on any atom is 0.246 e. The van der Waals surface area contributed by atoms with Crippen LogP contribution in [-0.2, 0) is 4.79 Å². The fourth-order valence-electron chi connectivity index (χ4n) is 2.63. The van der Waals surface area contributed by atoms with Crippen LogP contribution in [0.15, 0.2) is 48.5 Å². The van der Waals surface area contributed by atoms with E-state index in [4.69, 9.17) is 0 Å². The Balaban J connectivity index is 1.79. The third kappa shape index (κ3) is 3.48. The summed E-state index contributed by atoms with van der Waals surface area (Å²) in [5.74, 6) is 2.34. The predicted octanol–water partition coefficient (Wildman–Crippen LogP) is 3.82. The molecule has 21 heavy (non-hydrogen) atoms. The zero-order valence-corrected chi connectivity index (χ0v) is 12.8. The summed E-state index contributed by atoms with van der Waals surface area (Å²) in [7, 11) is 0. The summed E-state index contributed by atoms with van der Waals surface area (Å²) in [6.07, 6.45) is 4.76. The zero-order chi connectivity index (χ0) is 14.5. The van der Waals surface area contributed by atoms with Crippen LogP contribution in [0.3, 0.4) is 0 Å². The molecule has 0 saturated carbocycles. The Hall–Kier alpha value is -1.74. The number of nitrogens with zero attached hydrogens (tertiary/aromatic N) is 1. The molecule has 0 aromatic heterocycles. The average Bonchev–Trinajstić information content (AvgIpc) is 2.82. The number of rotatable bonds is 2. The molecule has 3 rings (SSSR count). The Morgan fingerprint density at radius 2 is 1.90 bits per heavy atom. The topological polar surface area (TPSA) is 20.3 Å². The largest absolute Gasteiger partial charge is 0.338 e. The quantitative estimate of drug-likeness (QED) is 0.785. The van der Waals surface area contributed by atoms with Crippen LogP contribution < -0.4 is 0 Å². The van der Waals surface area contributed by atoms with Crippen molar-refractivity contribution in [1.29, 1.82) is 0 Å². The molecule has 0 atom stereocenters. The van der Waals surface area contributed by atoms with Crippen molar-refractivity contribution >= 4 is 34.5 Å². The first kappa shape index (κ1) is 14.2. The number of fused-ring (bicyclic) bond motifs is 1. The second kappa shape index (κ2) is 6.81. The molecule has 1 heterocycles. The van der Waals surface area contributed by atoms with Crippen LogP contribution in [0.5, 0.6) is 0 Å². The summed E-state index contributed by atoms with van der Waals surface area (Å²) >= 11 is 1.94. The first-order valence-corrected chi connectivity index (χ1v) is 8.52. The molecule has 1 aliphatic rings. The number of hydrogen-bond acceptors (Lipinski definition) is 2. The first-order valence-electron chi connectivity index (χ1n) is 7.37. The average molecular weight is 297 g/mol. The molecule has 2 aromatic carbocycles. The van der Waals surface area contributed by atoms with Gasteiger partial charge in [0.2, 0.25) is 5.91 Å². The van der Waals surface area contributed by atoms with E-state index in [0.717, 1.165) is 36.6 Å². The van der Waals surface area contributed by atoms with Gasteiger partial charge in [0.05, 0.1) is 0 Å². The van der Waals surface area contributed by atoms with Gasteiger partial charge in [-0.05, 0) is 34.6 Å². The molecule has 0 N–H and O–H groups in total. The summed E-state index contributed by atoms with van der Waals surface area (Å²) in [6, 6.07) is 14.5. The van der Waals surface area contributed by atoms with Crippen molar-refractivity contribution in [1.82, 2.24) is 4.90 Å². The van der Waals surface area contributed by atoms with E-state index in [1.54, 1.807) is 6.08 Å². The lowest BCUT2D eigenvalue weighted by Crippen LogP contribution is -2.31. The maximum absolute atomic E-state index is 12.3. The Labute approximate surface area is 129 Å². The van der Waals surface area contributed by atoms with Crippen LogP contribution in [-0.4, -0.2) is 35.4 Å². The number of benzene rings is 2. The molecule has 0 bridgehead atoms. The third-order valence-electron chi connectivity index (χ3n) is 3.76. The third-order valence-corrected chi connectivity index (χ3v) is 4.81. The van der Waals surface area contributed by atoms with Crippen molar-refractivity contribution in [2.45, 2.75) is 6.42 Å². The molecule has 0 spiro atoms. The fraction of sp³-hybridized carbons (Fsp3) is 0.278. The molecule has 0 radical (unpaired) electrons. The number of carbonyl (C=O) groups excluding carboxylic acids is 1. The highest BCUT2D eigenvalue weighted by molar-refractivity contribution is 7.99. The van der Waals surface area contributed by atoms with Gasteiger partial charge in [0.1, 0.15) is 0 Å². The fourth-order valence-corrected chi connectivity index (χ4v) is 3.52. The number of amides is 1. The van der Waals surface area contributed by atoms with Crippen LogP contribution in [0.25, 0.3) is 16.8 Å². The zero-order valence-electron chi connectivity index (χ0n) is 12.0. The highest BCUT2D eigenvalue weighted by Crippen LogP contribution is 2.19. The Morgan fingerprint density at radius 1 is 1.05 bits per heavy atom. The highest BCUT2D eigenvalue weighted by atomic mass is 32.2. The van der Waals surface area contributed by atoms with Gasteiger partial charge in [-0.2, -0.15) is 11.8 Å². The number of hydrogen-bond donors (Lipinski definition) is 0. The van der Waals surface area contributed by atoms with Crippen LogP contribution in [0, 0.1) is 0 Å². The summed E-state index contributed by atoms with van der Waals surface area (Å²) < 4.78 is 0. The van der Waals surface area contributed by atoms with Gasteiger partial charge in [0, 0.05) is 24.9 Å². The van der Waals surface area contributed by atoms with Crippen LogP contribution in [0.4, 0.5) is 0 Å². The molecular formula is C18H19NOS. The molecular weight excluding hydrogens is 278 g/mol. The van der Waals surface area contributed by atoms with Gasteiger partial charge in [0.15, 0.2) is 0 Å². The molecule has 108 valence electrons. The van der Waals surface area contributed by atoms with Crippen molar-refractivity contribution in [3.05, 3.63) is 54.1 Å². The molecule has 1 amide bonds. The van der Waals surface area contributed by atoms with E-state index in [9.17, 15) is 4.79 Å². The smallest absolute Gasteiger partial charge is 0.246 e. The minimum atomic E-state index is 0.130. The summed E-state index contributed by atoms with van der Waals surface area (Å²) in [4.78, 5) is 14.3. The van der Waals surface area contributed by atoms with E-state index in [1.807, 2.05) is 40.9 Å². The molecule has 1 fully saturated rings. The van der Waals surface area contributed by atoms with E-state index in [-0.39, 0.29) is 5.91 Å². The highest BCUT2D eigenvalue weighted by Gasteiger charge is 2.12. The summed E-state index contributed by atoms with van der Waals surface area (Å²) in [5.41, 5.74) is 1.10. The van der Waals surface area contributed by atoms with E-state index in [0.29, 0.717) is 0 Å². The second-order valence-electron chi connectivity index (χ2n) is 5.19. The minimum Gasteiger partial charge on any atom is -0.338 e. The molecule has 3 heteroatoms. The summed E-state index contributed by atoms with van der Waals surface area (Å²) in [5, 5.41) is 2.40. The van der Waals surface area contributed by atoms with Crippen molar-refractivity contribution in [2.75, 3.05) is 24.6 Å². The molecule has 1 aliphatic heterocycles. The van der Waals surface area contributed by atoms with Crippen molar-refractivity contribution in [3.63, 3.8) is 0 Å². The summed E-state index contributed by atoms with van der Waals surface area (Å²) in [6.45, 7) is 1.75. The Bertz CT molecular complexity index is 652. The minimum absolute atomic E-state index is 0.130. The first-order chi connectivity index (χ1) is 10.3. The van der Waals surface area contributed by atoms with Gasteiger partial charge in [-0.15, -0.1) is 0 Å². The van der Waals surface area contributed by atoms with Crippen molar-refractivity contribution < 1.29 is 4.79 Å². The molecule has 0 unspecified atom stereocenters. The lowest BCUT2D eigenvalue weighted by molar-refractivity contribution is -0.125.